The summed E-state index contributed by atoms with van der Waals surface area (Å²) in [7, 11) is 0. The number of nitrogens with zero attached hydrogens (tertiary/aromatic N) is 2. The SMILES string of the molecule is CCC1=NN(C(=O)COc2cc(C)ccc2C(C)C)[C@@](O)(C(F)(F)F)C1. The molecule has 1 aromatic carbocycles. The standard InChI is InChI=1S/C18H23F3N2O3/c1-5-13-9-17(25,18(19,20)21)23(22-13)16(24)10-26-15-8-12(4)6-7-14(15)11(2)3/h6-8,11,25H,5,9-10H2,1-4H3/t17-/m0/s1. The fourth-order valence-electron chi connectivity index (χ4n) is 2.74. The first-order valence-electron chi connectivity index (χ1n) is 8.41. The highest BCUT2D eigenvalue weighted by atomic mass is 19.4. The van der Waals surface area contributed by atoms with Gasteiger partial charge in [0.25, 0.3) is 11.6 Å². The molecule has 0 aliphatic carbocycles. The van der Waals surface area contributed by atoms with E-state index in [1.807, 2.05) is 32.9 Å². The highest BCUT2D eigenvalue weighted by Gasteiger charge is 2.62. The lowest BCUT2D eigenvalue weighted by Gasteiger charge is -2.32. The van der Waals surface area contributed by atoms with Crippen LogP contribution in [0.5, 0.6) is 5.75 Å². The van der Waals surface area contributed by atoms with E-state index in [0.29, 0.717) is 5.75 Å². The zero-order chi connectivity index (χ0) is 19.7. The summed E-state index contributed by atoms with van der Waals surface area (Å²) in [4.78, 5) is 12.3. The zero-order valence-corrected chi connectivity index (χ0v) is 15.2. The lowest BCUT2D eigenvalue weighted by Crippen LogP contribution is -2.57. The van der Waals surface area contributed by atoms with E-state index in [9.17, 15) is 23.1 Å². The Balaban J connectivity index is 2.21. The number of benzene rings is 1. The van der Waals surface area contributed by atoms with E-state index < -0.39 is 30.8 Å². The number of hydrogen-bond donors (Lipinski definition) is 1. The molecule has 8 heteroatoms. The molecule has 1 aliphatic rings. The summed E-state index contributed by atoms with van der Waals surface area (Å²) in [6.45, 7) is 6.70. The van der Waals surface area contributed by atoms with E-state index >= 15 is 0 Å². The zero-order valence-electron chi connectivity index (χ0n) is 15.2. The molecule has 2 rings (SSSR count). The Morgan fingerprint density at radius 3 is 2.62 bits per heavy atom. The van der Waals surface area contributed by atoms with Crippen LogP contribution in [0.3, 0.4) is 0 Å². The first kappa shape index (κ1) is 20.2. The monoisotopic (exact) mass is 372 g/mol. The second kappa shape index (κ2) is 7.26. The van der Waals surface area contributed by atoms with Gasteiger partial charge in [0.15, 0.2) is 6.61 Å². The molecule has 0 saturated carbocycles. The van der Waals surface area contributed by atoms with Crippen LogP contribution in [0.1, 0.15) is 50.7 Å². The molecule has 0 unspecified atom stereocenters. The molecule has 1 atom stereocenters. The van der Waals surface area contributed by atoms with Gasteiger partial charge in [-0.25, -0.2) is 0 Å². The Hall–Kier alpha value is -2.09. The van der Waals surface area contributed by atoms with E-state index in [1.54, 1.807) is 13.0 Å². The van der Waals surface area contributed by atoms with Crippen molar-refractivity contribution in [3.8, 4) is 5.75 Å². The Morgan fingerprint density at radius 2 is 2.08 bits per heavy atom. The van der Waals surface area contributed by atoms with Crippen LogP contribution in [0, 0.1) is 6.92 Å². The smallest absolute Gasteiger partial charge is 0.438 e. The molecule has 0 aromatic heterocycles. The quantitative estimate of drug-likeness (QED) is 0.856. The lowest BCUT2D eigenvalue weighted by molar-refractivity contribution is -0.302. The molecule has 1 aromatic rings. The van der Waals surface area contributed by atoms with E-state index in [-0.39, 0.29) is 23.1 Å². The van der Waals surface area contributed by atoms with Gasteiger partial charge < -0.3 is 9.84 Å². The number of alkyl halides is 3. The number of amides is 1. The van der Waals surface area contributed by atoms with Gasteiger partial charge in [0.05, 0.1) is 0 Å². The predicted octanol–water partition coefficient (Wildman–Crippen LogP) is 3.75. The first-order valence-corrected chi connectivity index (χ1v) is 8.41. The molecule has 0 radical (unpaired) electrons. The Morgan fingerprint density at radius 1 is 1.42 bits per heavy atom. The third-order valence-corrected chi connectivity index (χ3v) is 4.28. The lowest BCUT2D eigenvalue weighted by atomic mass is 10.0. The summed E-state index contributed by atoms with van der Waals surface area (Å²) >= 11 is 0. The number of rotatable bonds is 5. The Labute approximate surface area is 150 Å². The van der Waals surface area contributed by atoms with Gasteiger partial charge in [-0.1, -0.05) is 32.9 Å². The third kappa shape index (κ3) is 3.85. The van der Waals surface area contributed by atoms with Crippen LogP contribution in [-0.2, 0) is 4.79 Å². The Bertz CT molecular complexity index is 716. The van der Waals surface area contributed by atoms with Gasteiger partial charge >= 0.3 is 6.18 Å². The van der Waals surface area contributed by atoms with Crippen molar-refractivity contribution in [2.24, 2.45) is 5.10 Å². The van der Waals surface area contributed by atoms with Crippen molar-refractivity contribution < 1.29 is 27.8 Å². The molecule has 0 spiro atoms. The van der Waals surface area contributed by atoms with Crippen molar-refractivity contribution in [1.82, 2.24) is 5.01 Å². The maximum Gasteiger partial charge on any atom is 0.438 e. The number of hydrogen-bond acceptors (Lipinski definition) is 4. The number of carbonyl (C=O) groups is 1. The van der Waals surface area contributed by atoms with Gasteiger partial charge in [-0.15, -0.1) is 0 Å². The number of halogens is 3. The van der Waals surface area contributed by atoms with Crippen molar-refractivity contribution in [1.29, 1.82) is 0 Å². The topological polar surface area (TPSA) is 62.1 Å². The number of ether oxygens (including phenoxy) is 1. The summed E-state index contributed by atoms with van der Waals surface area (Å²) < 4.78 is 45.4. The van der Waals surface area contributed by atoms with Crippen molar-refractivity contribution in [3.63, 3.8) is 0 Å². The van der Waals surface area contributed by atoms with Gasteiger partial charge in [0.1, 0.15) is 5.75 Å². The van der Waals surface area contributed by atoms with Crippen molar-refractivity contribution in [3.05, 3.63) is 29.3 Å². The minimum atomic E-state index is -5.02. The third-order valence-electron chi connectivity index (χ3n) is 4.28. The highest BCUT2D eigenvalue weighted by molar-refractivity contribution is 5.91. The average molecular weight is 372 g/mol. The molecule has 1 heterocycles. The molecule has 26 heavy (non-hydrogen) atoms. The van der Waals surface area contributed by atoms with Gasteiger partial charge in [-0.3, -0.25) is 4.79 Å². The Kier molecular flexibility index (Phi) is 5.65. The number of aryl methyl sites for hydroxylation is 1. The molecule has 1 aliphatic heterocycles. The first-order chi connectivity index (χ1) is 12.0. The van der Waals surface area contributed by atoms with Gasteiger partial charge in [0.2, 0.25) is 0 Å². The van der Waals surface area contributed by atoms with Crippen molar-refractivity contribution >= 4 is 11.6 Å². The predicted molar refractivity (Wildman–Crippen MR) is 91.0 cm³/mol. The number of aliphatic hydroxyl groups is 1. The van der Waals surface area contributed by atoms with Crippen molar-refractivity contribution in [2.75, 3.05) is 6.61 Å². The molecular weight excluding hydrogens is 349 g/mol. The normalized spacial score (nSPS) is 20.5. The van der Waals surface area contributed by atoms with Crippen LogP contribution < -0.4 is 4.74 Å². The molecule has 144 valence electrons. The minimum Gasteiger partial charge on any atom is -0.483 e. The number of carbonyl (C=O) groups excluding carboxylic acids is 1. The summed E-state index contributed by atoms with van der Waals surface area (Å²) in [5.74, 6) is -0.503. The van der Waals surface area contributed by atoms with Crippen LogP contribution in [0.25, 0.3) is 0 Å². The van der Waals surface area contributed by atoms with E-state index in [1.165, 1.54) is 0 Å². The molecule has 1 amide bonds. The van der Waals surface area contributed by atoms with Gasteiger partial charge in [-0.2, -0.15) is 23.3 Å². The van der Waals surface area contributed by atoms with Crippen LogP contribution in [0.15, 0.2) is 23.3 Å². The molecule has 0 bridgehead atoms. The largest absolute Gasteiger partial charge is 0.483 e. The molecule has 5 nitrogen and oxygen atoms in total. The van der Waals surface area contributed by atoms with Crippen LogP contribution in [0.4, 0.5) is 13.2 Å². The maximum atomic E-state index is 13.3. The van der Waals surface area contributed by atoms with Crippen LogP contribution in [0.2, 0.25) is 0 Å². The highest BCUT2D eigenvalue weighted by Crippen LogP contribution is 2.40. The summed E-state index contributed by atoms with van der Waals surface area (Å²) in [6, 6.07) is 5.48. The number of hydrazone groups is 1. The second-order valence-electron chi connectivity index (χ2n) is 6.70. The fourth-order valence-corrected chi connectivity index (χ4v) is 2.74. The van der Waals surface area contributed by atoms with Crippen LogP contribution in [-0.4, -0.2) is 40.2 Å². The fraction of sp³-hybridized carbons (Fsp3) is 0.556. The van der Waals surface area contributed by atoms with E-state index in [0.717, 1.165) is 11.1 Å². The molecule has 0 fully saturated rings. The van der Waals surface area contributed by atoms with E-state index in [2.05, 4.69) is 5.10 Å². The summed E-state index contributed by atoms with van der Waals surface area (Å²) in [5, 5.41) is 13.8. The maximum absolute atomic E-state index is 13.3. The van der Waals surface area contributed by atoms with E-state index in [4.69, 9.17) is 4.74 Å². The molecule has 0 saturated heterocycles. The average Bonchev–Trinajstić information content (AvgIpc) is 2.90. The summed E-state index contributed by atoms with van der Waals surface area (Å²) in [5.41, 5.74) is -1.48. The van der Waals surface area contributed by atoms with Gasteiger partial charge in [0, 0.05) is 12.1 Å². The summed E-state index contributed by atoms with van der Waals surface area (Å²) in [6.07, 6.45) is -5.56. The minimum absolute atomic E-state index is 0.108. The van der Waals surface area contributed by atoms with Crippen LogP contribution >= 0.6 is 0 Å². The van der Waals surface area contributed by atoms with Crippen molar-refractivity contribution in [2.45, 2.75) is 58.4 Å². The second-order valence-corrected chi connectivity index (χ2v) is 6.70. The molecule has 1 N–H and O–H groups in total. The molecular formula is C18H23F3N2O3. The van der Waals surface area contributed by atoms with Gasteiger partial charge in [-0.05, 0) is 36.5 Å².